The van der Waals surface area contributed by atoms with E-state index in [1.165, 1.54) is 20.0 Å². The predicted octanol–water partition coefficient (Wildman–Crippen LogP) is 1.52. The number of nitrogens with one attached hydrogen (secondary N) is 1. The Balaban J connectivity index is 2.09. The topological polar surface area (TPSA) is 110 Å². The van der Waals surface area contributed by atoms with Crippen molar-refractivity contribution >= 4 is 11.9 Å². The molecule has 2 heterocycles. The van der Waals surface area contributed by atoms with Crippen LogP contribution >= 0.6 is 0 Å². The largest absolute Gasteiger partial charge is 0.481 e. The Hall–Kier alpha value is -2.98. The summed E-state index contributed by atoms with van der Waals surface area (Å²) in [4.78, 5) is 26.6. The number of carboxylic acids is 1. The Morgan fingerprint density at radius 2 is 1.96 bits per heavy atom. The summed E-state index contributed by atoms with van der Waals surface area (Å²) < 4.78 is 38.5. The van der Waals surface area contributed by atoms with E-state index in [4.69, 9.17) is 5.11 Å². The summed E-state index contributed by atoms with van der Waals surface area (Å²) in [5.41, 5.74) is -2.20. The van der Waals surface area contributed by atoms with Gasteiger partial charge in [0.25, 0.3) is 5.91 Å². The Bertz CT molecular complexity index is 784. The van der Waals surface area contributed by atoms with Crippen LogP contribution < -0.4 is 5.32 Å². The number of alkyl halides is 3. The van der Waals surface area contributed by atoms with E-state index < -0.39 is 29.0 Å². The summed E-state index contributed by atoms with van der Waals surface area (Å²) in [6, 6.07) is 1.92. The van der Waals surface area contributed by atoms with Crippen LogP contribution in [0.2, 0.25) is 0 Å². The van der Waals surface area contributed by atoms with E-state index in [0.29, 0.717) is 6.20 Å². The third-order valence-corrected chi connectivity index (χ3v) is 3.31. The maximum absolute atomic E-state index is 12.5. The minimum absolute atomic E-state index is 0.0467. The van der Waals surface area contributed by atoms with E-state index in [0.717, 1.165) is 16.8 Å². The number of hydrogen-bond acceptors (Lipinski definition) is 5. The fourth-order valence-electron chi connectivity index (χ4n) is 1.64. The number of hydrogen-bond donors (Lipinski definition) is 2. The van der Waals surface area contributed by atoms with Crippen LogP contribution in [0.15, 0.2) is 24.5 Å². The molecule has 11 heteroatoms. The maximum atomic E-state index is 12.5. The molecular weight excluding hydrogens is 343 g/mol. The molecule has 2 aromatic heterocycles. The van der Waals surface area contributed by atoms with Crippen molar-refractivity contribution in [2.75, 3.05) is 6.54 Å². The molecule has 0 spiro atoms. The molecule has 0 saturated carbocycles. The molecule has 8 nitrogen and oxygen atoms in total. The number of carbonyl (C=O) groups excluding carboxylic acids is 1. The number of carboxylic acid groups (broad SMARTS) is 1. The molecular formula is C14H14F3N5O3. The second-order valence-electron chi connectivity index (χ2n) is 5.82. The highest BCUT2D eigenvalue weighted by Crippen LogP contribution is 2.28. The van der Waals surface area contributed by atoms with Crippen molar-refractivity contribution in [1.82, 2.24) is 25.3 Å². The quantitative estimate of drug-likeness (QED) is 0.840. The molecule has 2 N–H and O–H groups in total. The van der Waals surface area contributed by atoms with Gasteiger partial charge in [0, 0.05) is 12.7 Å². The fourth-order valence-corrected chi connectivity index (χ4v) is 1.64. The van der Waals surface area contributed by atoms with Crippen molar-refractivity contribution in [3.05, 3.63) is 35.8 Å². The molecule has 2 aromatic rings. The van der Waals surface area contributed by atoms with Crippen molar-refractivity contribution in [3.8, 4) is 5.82 Å². The van der Waals surface area contributed by atoms with Crippen molar-refractivity contribution in [2.24, 2.45) is 5.41 Å². The van der Waals surface area contributed by atoms with E-state index in [1.54, 1.807) is 0 Å². The molecule has 0 radical (unpaired) electrons. The van der Waals surface area contributed by atoms with Gasteiger partial charge in [-0.25, -0.2) is 9.67 Å². The lowest BCUT2D eigenvalue weighted by Gasteiger charge is -2.18. The predicted molar refractivity (Wildman–Crippen MR) is 77.9 cm³/mol. The molecule has 2 rings (SSSR count). The number of amides is 1. The first kappa shape index (κ1) is 18.4. The number of carbonyl (C=O) groups is 2. The lowest BCUT2D eigenvalue weighted by atomic mass is 9.94. The van der Waals surface area contributed by atoms with Gasteiger partial charge in [0.15, 0.2) is 11.5 Å². The average molecular weight is 357 g/mol. The summed E-state index contributed by atoms with van der Waals surface area (Å²) in [5.74, 6) is -1.69. The fraction of sp³-hybridized carbons (Fsp3) is 0.357. The van der Waals surface area contributed by atoms with Crippen molar-refractivity contribution in [1.29, 1.82) is 0 Å². The molecule has 25 heavy (non-hydrogen) atoms. The third kappa shape index (κ3) is 4.31. The molecule has 0 aromatic carbocycles. The van der Waals surface area contributed by atoms with Gasteiger partial charge in [0.05, 0.1) is 17.2 Å². The second kappa shape index (κ2) is 6.49. The van der Waals surface area contributed by atoms with Crippen LogP contribution in [0.4, 0.5) is 13.2 Å². The maximum Gasteiger partial charge on any atom is 0.417 e. The highest BCUT2D eigenvalue weighted by molar-refractivity contribution is 5.92. The molecule has 0 aliphatic carbocycles. The van der Waals surface area contributed by atoms with Crippen LogP contribution in [0, 0.1) is 5.41 Å². The molecule has 0 aliphatic rings. The normalized spacial score (nSPS) is 12.0. The van der Waals surface area contributed by atoms with Gasteiger partial charge in [-0.2, -0.15) is 13.2 Å². The molecule has 0 unspecified atom stereocenters. The van der Waals surface area contributed by atoms with Gasteiger partial charge in [-0.3, -0.25) is 9.59 Å². The first-order valence-corrected chi connectivity index (χ1v) is 6.98. The van der Waals surface area contributed by atoms with Crippen molar-refractivity contribution < 1.29 is 27.9 Å². The van der Waals surface area contributed by atoms with Crippen LogP contribution in [0.3, 0.4) is 0 Å². The molecule has 1 amide bonds. The second-order valence-corrected chi connectivity index (χ2v) is 5.82. The zero-order chi connectivity index (χ0) is 18.8. The van der Waals surface area contributed by atoms with E-state index in [2.05, 4.69) is 20.6 Å². The zero-order valence-electron chi connectivity index (χ0n) is 13.2. The molecule has 0 aliphatic heterocycles. The minimum Gasteiger partial charge on any atom is -0.481 e. The molecule has 0 bridgehead atoms. The lowest BCUT2D eigenvalue weighted by molar-refractivity contribution is -0.146. The monoisotopic (exact) mass is 357 g/mol. The smallest absolute Gasteiger partial charge is 0.417 e. The Morgan fingerprint density at radius 1 is 1.28 bits per heavy atom. The first-order chi connectivity index (χ1) is 11.5. The number of nitrogens with zero attached hydrogens (tertiary/aromatic N) is 4. The standard InChI is InChI=1S/C14H14F3N5O3/c1-13(2,12(24)25)7-19-11(23)9-6-22(21-20-9)10-4-3-8(5-18-10)14(15,16)17/h3-6H,7H2,1-2H3,(H,19,23)(H,24,25). The van der Waals surface area contributed by atoms with Crippen LogP contribution in [0.1, 0.15) is 29.9 Å². The van der Waals surface area contributed by atoms with E-state index in [1.807, 2.05) is 0 Å². The van der Waals surface area contributed by atoms with Gasteiger partial charge >= 0.3 is 12.1 Å². The summed E-state index contributed by atoms with van der Waals surface area (Å²) in [6.45, 7) is 2.75. The van der Waals surface area contributed by atoms with E-state index in [9.17, 15) is 22.8 Å². The summed E-state index contributed by atoms with van der Waals surface area (Å²) in [5, 5.41) is 18.6. The zero-order valence-corrected chi connectivity index (χ0v) is 13.2. The number of halogens is 3. The summed E-state index contributed by atoms with van der Waals surface area (Å²) >= 11 is 0. The van der Waals surface area contributed by atoms with Crippen LogP contribution in [-0.2, 0) is 11.0 Å². The number of aliphatic carboxylic acids is 1. The van der Waals surface area contributed by atoms with Crippen molar-refractivity contribution in [2.45, 2.75) is 20.0 Å². The number of rotatable bonds is 5. The van der Waals surface area contributed by atoms with Gasteiger partial charge in [-0.1, -0.05) is 5.21 Å². The van der Waals surface area contributed by atoms with Crippen molar-refractivity contribution in [3.63, 3.8) is 0 Å². The number of aromatic nitrogens is 4. The Kier molecular flexibility index (Phi) is 4.77. The third-order valence-electron chi connectivity index (χ3n) is 3.31. The summed E-state index contributed by atoms with van der Waals surface area (Å²) in [7, 11) is 0. The highest BCUT2D eigenvalue weighted by atomic mass is 19.4. The number of pyridine rings is 1. The van der Waals surface area contributed by atoms with Gasteiger partial charge < -0.3 is 10.4 Å². The van der Waals surface area contributed by atoms with Gasteiger partial charge in [0.1, 0.15) is 0 Å². The molecule has 0 saturated heterocycles. The van der Waals surface area contributed by atoms with Crippen LogP contribution in [0.25, 0.3) is 5.82 Å². The van der Waals surface area contributed by atoms with E-state index >= 15 is 0 Å². The molecule has 0 fully saturated rings. The Morgan fingerprint density at radius 3 is 2.48 bits per heavy atom. The van der Waals surface area contributed by atoms with Gasteiger partial charge in [-0.05, 0) is 26.0 Å². The van der Waals surface area contributed by atoms with Crippen LogP contribution in [-0.4, -0.2) is 43.5 Å². The van der Waals surface area contributed by atoms with Gasteiger partial charge in [0.2, 0.25) is 0 Å². The molecule has 0 atom stereocenters. The van der Waals surface area contributed by atoms with Crippen LogP contribution in [0.5, 0.6) is 0 Å². The van der Waals surface area contributed by atoms with E-state index in [-0.39, 0.29) is 18.1 Å². The highest BCUT2D eigenvalue weighted by Gasteiger charge is 2.31. The summed E-state index contributed by atoms with van der Waals surface area (Å²) in [6.07, 6.45) is -2.68. The minimum atomic E-state index is -4.50. The van der Waals surface area contributed by atoms with Gasteiger partial charge in [-0.15, -0.1) is 5.10 Å². The lowest BCUT2D eigenvalue weighted by Crippen LogP contribution is -2.39. The SMILES string of the molecule is CC(C)(CNC(=O)c1cn(-c2ccc(C(F)(F)F)cn2)nn1)C(=O)O. The molecule has 134 valence electrons. The first-order valence-electron chi connectivity index (χ1n) is 6.98. The Labute approximate surface area is 139 Å². The average Bonchev–Trinajstić information content (AvgIpc) is 3.02.